The third-order valence-electron chi connectivity index (χ3n) is 6.54. The van der Waals surface area contributed by atoms with E-state index < -0.39 is 0 Å². The number of methoxy groups -OCH3 is 1. The van der Waals surface area contributed by atoms with Crippen molar-refractivity contribution < 1.29 is 9.53 Å². The lowest BCUT2D eigenvalue weighted by Gasteiger charge is -2.42. The highest BCUT2D eigenvalue weighted by Gasteiger charge is 2.29. The molecule has 160 valence electrons. The molecule has 0 spiro atoms. The van der Waals surface area contributed by atoms with Crippen molar-refractivity contribution in [3.63, 3.8) is 0 Å². The summed E-state index contributed by atoms with van der Waals surface area (Å²) in [4.78, 5) is 17.8. The van der Waals surface area contributed by atoms with Crippen molar-refractivity contribution in [1.29, 1.82) is 0 Å². The van der Waals surface area contributed by atoms with Crippen LogP contribution in [-0.2, 0) is 6.54 Å². The van der Waals surface area contributed by atoms with Crippen LogP contribution in [0.5, 0.6) is 5.75 Å². The third kappa shape index (κ3) is 5.41. The monoisotopic (exact) mass is 407 g/mol. The highest BCUT2D eigenvalue weighted by atomic mass is 16.5. The molecule has 0 atom stereocenters. The summed E-state index contributed by atoms with van der Waals surface area (Å²) in [7, 11) is 1.62. The average Bonchev–Trinajstić information content (AvgIpc) is 2.81. The summed E-state index contributed by atoms with van der Waals surface area (Å²) in [5, 5.41) is 3.22. The lowest BCUT2D eigenvalue weighted by molar-refractivity contribution is 0.0683. The van der Waals surface area contributed by atoms with E-state index in [1.165, 1.54) is 18.4 Å². The SMILES string of the molecule is COc1cccc(C(=O)NC2CCC(N3CCN(Cc4ccccc4)CC3)CC2)c1. The zero-order valence-corrected chi connectivity index (χ0v) is 17.9. The Labute approximate surface area is 180 Å². The fourth-order valence-corrected chi connectivity index (χ4v) is 4.75. The van der Waals surface area contributed by atoms with Crippen molar-refractivity contribution >= 4 is 5.91 Å². The van der Waals surface area contributed by atoms with Gasteiger partial charge in [-0.15, -0.1) is 0 Å². The number of rotatable bonds is 6. The number of piperazine rings is 1. The van der Waals surface area contributed by atoms with Gasteiger partial charge < -0.3 is 10.1 Å². The molecular weight excluding hydrogens is 374 g/mol. The zero-order chi connectivity index (χ0) is 20.8. The Balaban J connectivity index is 1.20. The number of carbonyl (C=O) groups is 1. The van der Waals surface area contributed by atoms with E-state index >= 15 is 0 Å². The zero-order valence-electron chi connectivity index (χ0n) is 17.9. The Morgan fingerprint density at radius 3 is 2.40 bits per heavy atom. The molecule has 5 heteroatoms. The van der Waals surface area contributed by atoms with Gasteiger partial charge in [-0.2, -0.15) is 0 Å². The van der Waals surface area contributed by atoms with E-state index in [4.69, 9.17) is 4.74 Å². The number of hydrogen-bond donors (Lipinski definition) is 1. The molecule has 0 unspecified atom stereocenters. The van der Waals surface area contributed by atoms with Gasteiger partial charge in [-0.05, 0) is 49.4 Å². The molecule has 0 radical (unpaired) electrons. The average molecular weight is 408 g/mol. The van der Waals surface area contributed by atoms with Gasteiger partial charge in [-0.3, -0.25) is 14.6 Å². The first-order chi connectivity index (χ1) is 14.7. The summed E-state index contributed by atoms with van der Waals surface area (Å²) >= 11 is 0. The Bertz CT molecular complexity index is 810. The van der Waals surface area contributed by atoms with Crippen molar-refractivity contribution in [3.8, 4) is 5.75 Å². The Morgan fingerprint density at radius 2 is 1.70 bits per heavy atom. The lowest BCUT2D eigenvalue weighted by Crippen LogP contribution is -2.52. The molecule has 1 aliphatic carbocycles. The number of amides is 1. The van der Waals surface area contributed by atoms with Gasteiger partial charge in [0, 0.05) is 50.4 Å². The van der Waals surface area contributed by atoms with E-state index in [2.05, 4.69) is 45.4 Å². The molecule has 4 rings (SSSR count). The van der Waals surface area contributed by atoms with Gasteiger partial charge in [0.15, 0.2) is 0 Å². The largest absolute Gasteiger partial charge is 0.497 e. The first-order valence-electron chi connectivity index (χ1n) is 11.2. The summed E-state index contributed by atoms with van der Waals surface area (Å²) in [5.74, 6) is 0.727. The molecular formula is C25H33N3O2. The maximum atomic E-state index is 12.6. The summed E-state index contributed by atoms with van der Waals surface area (Å²) in [5.41, 5.74) is 2.07. The summed E-state index contributed by atoms with van der Waals surface area (Å²) in [6.07, 6.45) is 4.46. The van der Waals surface area contributed by atoms with Crippen LogP contribution in [0.15, 0.2) is 54.6 Å². The molecule has 5 nitrogen and oxygen atoms in total. The standard InChI is InChI=1S/C25H33N3O2/c1-30-24-9-5-8-21(18-24)25(29)26-22-10-12-23(13-11-22)28-16-14-27(15-17-28)19-20-6-3-2-4-7-20/h2-9,18,22-23H,10-17,19H2,1H3,(H,26,29). The summed E-state index contributed by atoms with van der Waals surface area (Å²) in [6.45, 7) is 5.64. The second-order valence-electron chi connectivity index (χ2n) is 8.51. The van der Waals surface area contributed by atoms with Crippen LogP contribution in [0.3, 0.4) is 0 Å². The maximum absolute atomic E-state index is 12.6. The number of carbonyl (C=O) groups excluding carboxylic acids is 1. The highest BCUT2D eigenvalue weighted by molar-refractivity contribution is 5.94. The van der Waals surface area contributed by atoms with Crippen molar-refractivity contribution in [2.24, 2.45) is 0 Å². The van der Waals surface area contributed by atoms with E-state index in [1.54, 1.807) is 13.2 Å². The molecule has 1 heterocycles. The van der Waals surface area contributed by atoms with Gasteiger partial charge in [0.1, 0.15) is 5.75 Å². The summed E-state index contributed by atoms with van der Waals surface area (Å²) < 4.78 is 5.23. The van der Waals surface area contributed by atoms with Crippen molar-refractivity contribution in [2.45, 2.75) is 44.3 Å². The first kappa shape index (κ1) is 20.9. The number of nitrogens with zero attached hydrogens (tertiary/aromatic N) is 2. The molecule has 1 aliphatic heterocycles. The highest BCUT2D eigenvalue weighted by Crippen LogP contribution is 2.25. The Morgan fingerprint density at radius 1 is 0.967 bits per heavy atom. The first-order valence-corrected chi connectivity index (χ1v) is 11.2. The minimum atomic E-state index is 0.00637. The van der Waals surface area contributed by atoms with Gasteiger partial charge >= 0.3 is 0 Å². The molecule has 1 N–H and O–H groups in total. The lowest BCUT2D eigenvalue weighted by atomic mass is 9.89. The fraction of sp³-hybridized carbons (Fsp3) is 0.480. The fourth-order valence-electron chi connectivity index (χ4n) is 4.75. The topological polar surface area (TPSA) is 44.8 Å². The molecule has 0 bridgehead atoms. The number of nitrogens with one attached hydrogen (secondary N) is 1. The van der Waals surface area contributed by atoms with Crippen molar-refractivity contribution in [2.75, 3.05) is 33.3 Å². The van der Waals surface area contributed by atoms with E-state index in [-0.39, 0.29) is 11.9 Å². The molecule has 2 fully saturated rings. The van der Waals surface area contributed by atoms with Crippen molar-refractivity contribution in [1.82, 2.24) is 15.1 Å². The Hall–Kier alpha value is -2.37. The van der Waals surface area contributed by atoms with Crippen LogP contribution in [0.2, 0.25) is 0 Å². The van der Waals surface area contributed by atoms with E-state index in [0.717, 1.165) is 51.3 Å². The molecule has 2 aromatic rings. The molecule has 0 aromatic heterocycles. The number of benzene rings is 2. The number of hydrogen-bond acceptors (Lipinski definition) is 4. The van der Waals surface area contributed by atoms with Gasteiger partial charge in [-0.25, -0.2) is 0 Å². The van der Waals surface area contributed by atoms with Gasteiger partial charge in [0.05, 0.1) is 7.11 Å². The van der Waals surface area contributed by atoms with Gasteiger partial charge in [0.25, 0.3) is 5.91 Å². The van der Waals surface area contributed by atoms with Crippen LogP contribution >= 0.6 is 0 Å². The van der Waals surface area contributed by atoms with Gasteiger partial charge in [-0.1, -0.05) is 36.4 Å². The quantitative estimate of drug-likeness (QED) is 0.795. The molecule has 1 saturated heterocycles. The summed E-state index contributed by atoms with van der Waals surface area (Å²) in [6, 6.07) is 19.1. The van der Waals surface area contributed by atoms with Crippen LogP contribution < -0.4 is 10.1 Å². The second kappa shape index (κ2) is 10.1. The normalized spacial score (nSPS) is 23.1. The second-order valence-corrected chi connectivity index (χ2v) is 8.51. The predicted octanol–water partition coefficient (Wildman–Crippen LogP) is 3.55. The maximum Gasteiger partial charge on any atom is 0.251 e. The van der Waals surface area contributed by atoms with Crippen molar-refractivity contribution in [3.05, 3.63) is 65.7 Å². The molecule has 1 saturated carbocycles. The number of ether oxygens (including phenoxy) is 1. The van der Waals surface area contributed by atoms with E-state index in [0.29, 0.717) is 11.6 Å². The molecule has 1 amide bonds. The van der Waals surface area contributed by atoms with Crippen LogP contribution in [0, 0.1) is 0 Å². The van der Waals surface area contributed by atoms with Crippen LogP contribution in [0.1, 0.15) is 41.6 Å². The minimum absolute atomic E-state index is 0.00637. The Kier molecular flexibility index (Phi) is 7.03. The van der Waals surface area contributed by atoms with E-state index in [9.17, 15) is 4.79 Å². The van der Waals surface area contributed by atoms with Gasteiger partial charge in [0.2, 0.25) is 0 Å². The smallest absolute Gasteiger partial charge is 0.251 e. The van der Waals surface area contributed by atoms with Crippen LogP contribution in [0.4, 0.5) is 0 Å². The van der Waals surface area contributed by atoms with Crippen LogP contribution in [-0.4, -0.2) is 61.1 Å². The molecule has 30 heavy (non-hydrogen) atoms. The third-order valence-corrected chi connectivity index (χ3v) is 6.54. The van der Waals surface area contributed by atoms with E-state index in [1.807, 2.05) is 18.2 Å². The predicted molar refractivity (Wildman–Crippen MR) is 120 cm³/mol. The molecule has 2 aromatic carbocycles. The molecule has 2 aliphatic rings. The minimum Gasteiger partial charge on any atom is -0.497 e. The van der Waals surface area contributed by atoms with Crippen LogP contribution in [0.25, 0.3) is 0 Å².